The average Bonchev–Trinajstić information content (AvgIpc) is 2.49. The van der Waals surface area contributed by atoms with E-state index in [9.17, 15) is 14.4 Å². The van der Waals surface area contributed by atoms with Gasteiger partial charge < -0.3 is 21.1 Å². The number of hydrogen-bond acceptors (Lipinski definition) is 4. The molecule has 0 fully saturated rings. The van der Waals surface area contributed by atoms with Gasteiger partial charge in [-0.1, -0.05) is 18.2 Å². The molecule has 2 amide bonds. The number of anilines is 1. The summed E-state index contributed by atoms with van der Waals surface area (Å²) in [5.41, 5.74) is 5.82. The van der Waals surface area contributed by atoms with E-state index < -0.39 is 11.9 Å². The number of nitrogens with one attached hydrogen (secondary N) is 1. The number of carboxylic acids is 1. The zero-order valence-electron chi connectivity index (χ0n) is 11.6. The van der Waals surface area contributed by atoms with Crippen molar-refractivity contribution in [1.82, 2.24) is 5.32 Å². The van der Waals surface area contributed by atoms with Crippen LogP contribution in [0.25, 0.3) is 0 Å². The van der Waals surface area contributed by atoms with Crippen LogP contribution in [-0.4, -0.2) is 42.5 Å². The second-order valence-electron chi connectivity index (χ2n) is 4.36. The Morgan fingerprint density at radius 1 is 1.19 bits per heavy atom. The number of nitrogens with zero attached hydrogens (tertiary/aromatic N) is 1. The highest BCUT2D eigenvalue weighted by molar-refractivity contribution is 5.96. The van der Waals surface area contributed by atoms with Crippen molar-refractivity contribution in [3.05, 3.63) is 30.3 Å². The molecule has 0 saturated carbocycles. The lowest BCUT2D eigenvalue weighted by atomic mass is 10.2. The van der Waals surface area contributed by atoms with Crippen molar-refractivity contribution in [2.45, 2.75) is 12.8 Å². The number of nitrogens with two attached hydrogens (primary N) is 1. The number of carboxylic acid groups (broad SMARTS) is 1. The summed E-state index contributed by atoms with van der Waals surface area (Å²) >= 11 is 0. The molecule has 4 N–H and O–H groups in total. The SMILES string of the molecule is NCC(=O)NCC(=O)N(CCCC(=O)O)c1ccccc1. The summed E-state index contributed by atoms with van der Waals surface area (Å²) in [4.78, 5) is 35.3. The van der Waals surface area contributed by atoms with Gasteiger partial charge in [-0.2, -0.15) is 0 Å². The quantitative estimate of drug-likeness (QED) is 0.622. The molecule has 114 valence electrons. The zero-order chi connectivity index (χ0) is 15.7. The average molecular weight is 293 g/mol. The van der Waals surface area contributed by atoms with Gasteiger partial charge in [0.15, 0.2) is 0 Å². The third-order valence-corrected chi connectivity index (χ3v) is 2.76. The molecular formula is C14H19N3O4. The van der Waals surface area contributed by atoms with E-state index in [4.69, 9.17) is 10.8 Å². The molecule has 0 aliphatic carbocycles. The Morgan fingerprint density at radius 3 is 2.43 bits per heavy atom. The zero-order valence-corrected chi connectivity index (χ0v) is 11.6. The van der Waals surface area contributed by atoms with E-state index in [0.29, 0.717) is 12.1 Å². The molecule has 0 radical (unpaired) electrons. The van der Waals surface area contributed by atoms with Gasteiger partial charge in [0.1, 0.15) is 0 Å². The van der Waals surface area contributed by atoms with E-state index in [1.54, 1.807) is 24.3 Å². The molecule has 0 spiro atoms. The summed E-state index contributed by atoms with van der Waals surface area (Å²) in [6.07, 6.45) is 0.312. The number of aliphatic carboxylic acids is 1. The third-order valence-electron chi connectivity index (χ3n) is 2.76. The van der Waals surface area contributed by atoms with E-state index in [0.717, 1.165) is 0 Å². The summed E-state index contributed by atoms with van der Waals surface area (Å²) in [6, 6.07) is 8.89. The summed E-state index contributed by atoms with van der Waals surface area (Å²) in [5, 5.41) is 11.1. The lowest BCUT2D eigenvalue weighted by molar-refractivity contribution is -0.137. The molecule has 21 heavy (non-hydrogen) atoms. The Hall–Kier alpha value is -2.41. The number of carbonyl (C=O) groups is 3. The minimum Gasteiger partial charge on any atom is -0.481 e. The molecule has 0 aliphatic rings. The molecular weight excluding hydrogens is 274 g/mol. The van der Waals surface area contributed by atoms with Gasteiger partial charge in [0.2, 0.25) is 11.8 Å². The Labute approximate surface area is 122 Å². The monoisotopic (exact) mass is 293 g/mol. The van der Waals surface area contributed by atoms with E-state index in [1.807, 2.05) is 6.07 Å². The third kappa shape index (κ3) is 6.05. The van der Waals surface area contributed by atoms with Crippen LogP contribution in [0.1, 0.15) is 12.8 Å². The maximum Gasteiger partial charge on any atom is 0.303 e. The molecule has 7 nitrogen and oxygen atoms in total. The summed E-state index contributed by atoms with van der Waals surface area (Å²) in [5.74, 6) is -1.64. The molecule has 0 heterocycles. The van der Waals surface area contributed by atoms with Gasteiger partial charge in [0.25, 0.3) is 0 Å². The number of hydrogen-bond donors (Lipinski definition) is 3. The van der Waals surface area contributed by atoms with Crippen molar-refractivity contribution < 1.29 is 19.5 Å². The van der Waals surface area contributed by atoms with Crippen LogP contribution in [-0.2, 0) is 14.4 Å². The highest BCUT2D eigenvalue weighted by Crippen LogP contribution is 2.14. The first-order valence-electron chi connectivity index (χ1n) is 6.58. The van der Waals surface area contributed by atoms with Crippen molar-refractivity contribution in [2.24, 2.45) is 5.73 Å². The van der Waals surface area contributed by atoms with E-state index in [1.165, 1.54) is 4.90 Å². The van der Waals surface area contributed by atoms with Crippen LogP contribution >= 0.6 is 0 Å². The second-order valence-corrected chi connectivity index (χ2v) is 4.36. The van der Waals surface area contributed by atoms with Crippen molar-refractivity contribution in [1.29, 1.82) is 0 Å². The second kappa shape index (κ2) is 8.70. The maximum absolute atomic E-state index is 12.2. The molecule has 0 atom stereocenters. The lowest BCUT2D eigenvalue weighted by Gasteiger charge is -2.22. The summed E-state index contributed by atoms with van der Waals surface area (Å²) in [6.45, 7) is -0.0801. The van der Waals surface area contributed by atoms with Gasteiger partial charge in [-0.05, 0) is 18.6 Å². The predicted octanol–water partition coefficient (Wildman–Crippen LogP) is -0.0407. The number of para-hydroxylation sites is 1. The molecule has 0 unspecified atom stereocenters. The molecule has 1 rings (SSSR count). The van der Waals surface area contributed by atoms with Gasteiger partial charge in [0, 0.05) is 18.7 Å². The van der Waals surface area contributed by atoms with Crippen LogP contribution < -0.4 is 16.0 Å². The fourth-order valence-electron chi connectivity index (χ4n) is 1.74. The van der Waals surface area contributed by atoms with E-state index in [2.05, 4.69) is 5.32 Å². The Bertz CT molecular complexity index is 490. The molecule has 1 aromatic rings. The van der Waals surface area contributed by atoms with Crippen molar-refractivity contribution in [3.63, 3.8) is 0 Å². The normalized spacial score (nSPS) is 9.95. The van der Waals surface area contributed by atoms with Crippen LogP contribution in [0.3, 0.4) is 0 Å². The van der Waals surface area contributed by atoms with Gasteiger partial charge in [-0.15, -0.1) is 0 Å². The van der Waals surface area contributed by atoms with E-state index in [-0.39, 0.29) is 32.0 Å². The smallest absolute Gasteiger partial charge is 0.303 e. The summed E-state index contributed by atoms with van der Waals surface area (Å²) in [7, 11) is 0. The number of benzene rings is 1. The first-order valence-corrected chi connectivity index (χ1v) is 6.58. The van der Waals surface area contributed by atoms with Crippen LogP contribution in [0.2, 0.25) is 0 Å². The standard InChI is InChI=1S/C14H19N3O4/c15-9-12(18)16-10-13(19)17(8-4-7-14(20)21)11-5-2-1-3-6-11/h1-3,5-6H,4,7-10,15H2,(H,16,18)(H,20,21). The van der Waals surface area contributed by atoms with Crippen LogP contribution in [0.5, 0.6) is 0 Å². The number of carbonyl (C=O) groups excluding carboxylic acids is 2. The van der Waals surface area contributed by atoms with Gasteiger partial charge in [-0.25, -0.2) is 0 Å². The van der Waals surface area contributed by atoms with Crippen LogP contribution in [0.4, 0.5) is 5.69 Å². The minimum absolute atomic E-state index is 0.0221. The van der Waals surface area contributed by atoms with E-state index >= 15 is 0 Å². The molecule has 0 aromatic heterocycles. The fourth-order valence-corrected chi connectivity index (χ4v) is 1.74. The Balaban J connectivity index is 2.69. The van der Waals surface area contributed by atoms with Gasteiger partial charge in [-0.3, -0.25) is 14.4 Å². The number of amides is 2. The lowest BCUT2D eigenvalue weighted by Crippen LogP contribution is -2.42. The predicted molar refractivity (Wildman–Crippen MR) is 77.7 cm³/mol. The van der Waals surface area contributed by atoms with Crippen LogP contribution in [0, 0.1) is 0 Å². The molecule has 7 heteroatoms. The molecule has 1 aromatic carbocycles. The largest absolute Gasteiger partial charge is 0.481 e. The number of rotatable bonds is 8. The molecule has 0 saturated heterocycles. The van der Waals surface area contributed by atoms with Gasteiger partial charge >= 0.3 is 5.97 Å². The summed E-state index contributed by atoms with van der Waals surface area (Å²) < 4.78 is 0. The van der Waals surface area contributed by atoms with Crippen molar-refractivity contribution in [3.8, 4) is 0 Å². The fraction of sp³-hybridized carbons (Fsp3) is 0.357. The van der Waals surface area contributed by atoms with Crippen LogP contribution in [0.15, 0.2) is 30.3 Å². The highest BCUT2D eigenvalue weighted by atomic mass is 16.4. The Morgan fingerprint density at radius 2 is 1.86 bits per heavy atom. The van der Waals surface area contributed by atoms with Crippen molar-refractivity contribution in [2.75, 3.05) is 24.5 Å². The first kappa shape index (κ1) is 16.6. The molecule has 0 bridgehead atoms. The molecule has 0 aliphatic heterocycles. The topological polar surface area (TPSA) is 113 Å². The highest BCUT2D eigenvalue weighted by Gasteiger charge is 2.16. The first-order chi connectivity index (χ1) is 10.0. The Kier molecular flexibility index (Phi) is 6.90. The minimum atomic E-state index is -0.910. The maximum atomic E-state index is 12.2. The van der Waals surface area contributed by atoms with Crippen molar-refractivity contribution >= 4 is 23.5 Å². The van der Waals surface area contributed by atoms with Gasteiger partial charge in [0.05, 0.1) is 13.1 Å².